The SMILES string of the molecule is CC(C)S(=O)(=O)c1cc(P(C)(C)=O)ccc1N.CC(C)S(=O)(=O)c1cc(P(C)(C)=O)ccc1Nc1nc(Nc2nnc(N3CCN(c4ccccn4)CC3)o2)ncc1Cl. The maximum atomic E-state index is 13.2. The van der Waals surface area contributed by atoms with E-state index in [9.17, 15) is 26.0 Å². The van der Waals surface area contributed by atoms with Crippen molar-refractivity contribution in [3.63, 3.8) is 0 Å². The molecule has 22 heteroatoms. The summed E-state index contributed by atoms with van der Waals surface area (Å²) < 4.78 is 81.0. The quantitative estimate of drug-likeness (QED) is 0.0983. The van der Waals surface area contributed by atoms with E-state index in [0.29, 0.717) is 29.7 Å². The molecular weight excluding hydrogens is 858 g/mol. The van der Waals surface area contributed by atoms with Gasteiger partial charge in [0, 0.05) is 43.0 Å². The molecule has 0 atom stereocenters. The van der Waals surface area contributed by atoms with Gasteiger partial charge in [0.2, 0.25) is 5.95 Å². The molecule has 6 rings (SSSR count). The Morgan fingerprint density at radius 1 is 0.763 bits per heavy atom. The third-order valence-electron chi connectivity index (χ3n) is 9.21. The van der Waals surface area contributed by atoms with Crippen LogP contribution in [0, 0.1) is 0 Å². The molecule has 5 aromatic rings. The van der Waals surface area contributed by atoms with Crippen LogP contribution in [-0.4, -0.2) is 105 Å². The van der Waals surface area contributed by atoms with E-state index in [-0.39, 0.29) is 44.0 Å². The van der Waals surface area contributed by atoms with Gasteiger partial charge >= 0.3 is 12.0 Å². The van der Waals surface area contributed by atoms with E-state index in [1.807, 2.05) is 23.1 Å². The van der Waals surface area contributed by atoms with Gasteiger partial charge < -0.3 is 34.4 Å². The Balaban J connectivity index is 0.000000327. The third kappa shape index (κ3) is 11.0. The zero-order chi connectivity index (χ0) is 43.5. The van der Waals surface area contributed by atoms with Gasteiger partial charge in [-0.15, -0.1) is 0 Å². The molecule has 4 heterocycles. The van der Waals surface area contributed by atoms with Crippen molar-refractivity contribution in [1.82, 2.24) is 25.1 Å². The van der Waals surface area contributed by atoms with Crippen molar-refractivity contribution in [2.45, 2.75) is 48.0 Å². The zero-order valence-corrected chi connectivity index (χ0v) is 38.2. The first-order valence-corrected chi connectivity index (χ1v) is 27.1. The molecule has 2 aromatic carbocycles. The van der Waals surface area contributed by atoms with E-state index in [1.165, 1.54) is 24.4 Å². The molecule has 0 radical (unpaired) electrons. The molecule has 17 nitrogen and oxygen atoms in total. The lowest BCUT2D eigenvalue weighted by atomic mass is 10.3. The lowest BCUT2D eigenvalue weighted by Gasteiger charge is -2.34. The average molecular weight is 907 g/mol. The van der Waals surface area contributed by atoms with Crippen LogP contribution in [0.2, 0.25) is 5.02 Å². The van der Waals surface area contributed by atoms with Crippen molar-refractivity contribution in [1.29, 1.82) is 0 Å². The largest absolute Gasteiger partial charge is 0.398 e. The Bertz CT molecular complexity index is 2610. The number of nitrogen functional groups attached to an aromatic ring is 1. The number of hydrogen-bond acceptors (Lipinski definition) is 17. The number of nitrogens with zero attached hydrogens (tertiary/aromatic N) is 7. The second kappa shape index (κ2) is 18.0. The van der Waals surface area contributed by atoms with E-state index in [0.717, 1.165) is 18.9 Å². The highest BCUT2D eigenvalue weighted by molar-refractivity contribution is 7.92. The molecule has 0 saturated carbocycles. The fourth-order valence-electron chi connectivity index (χ4n) is 5.60. The van der Waals surface area contributed by atoms with Gasteiger partial charge in [-0.25, -0.2) is 26.8 Å². The van der Waals surface area contributed by atoms with E-state index in [1.54, 1.807) is 78.8 Å². The molecule has 0 unspecified atom stereocenters. The van der Waals surface area contributed by atoms with Crippen molar-refractivity contribution < 1.29 is 30.4 Å². The Morgan fingerprint density at radius 2 is 1.34 bits per heavy atom. The Morgan fingerprint density at radius 3 is 1.92 bits per heavy atom. The van der Waals surface area contributed by atoms with Gasteiger partial charge in [-0.2, -0.15) is 4.98 Å². The van der Waals surface area contributed by atoms with Gasteiger partial charge in [0.05, 0.1) is 37.9 Å². The number of hydrogen-bond donors (Lipinski definition) is 3. The van der Waals surface area contributed by atoms with Crippen LogP contribution in [0.25, 0.3) is 0 Å². The standard InChI is InChI=1S/C26H31ClN9O4PS.C11H18NO3PS/c1-17(2)42(38,39)21-15-18(41(3,4)37)8-9-20(21)30-23-19(27)16-29-24(31-23)32-25-33-34-26(40-25)36-13-11-35(12-14-36)22-7-5-6-10-28-22;1-8(2)17(14,15)11-7-9(16(3,4)13)5-6-10(11)12/h5-10,15-17H,11-14H2,1-4H3,(H2,29,30,31,32,33);5-8H,12H2,1-4H3. The van der Waals surface area contributed by atoms with Crippen molar-refractivity contribution in [2.24, 2.45) is 0 Å². The minimum absolute atomic E-state index is 0.00722. The van der Waals surface area contributed by atoms with Gasteiger partial charge in [-0.3, -0.25) is 5.32 Å². The number of halogens is 1. The van der Waals surface area contributed by atoms with Gasteiger partial charge in [-0.1, -0.05) is 27.9 Å². The number of piperazine rings is 1. The van der Waals surface area contributed by atoms with Gasteiger partial charge in [0.25, 0.3) is 0 Å². The number of benzene rings is 2. The average Bonchev–Trinajstić information content (AvgIpc) is 3.64. The highest BCUT2D eigenvalue weighted by atomic mass is 35.5. The Hall–Kier alpha value is -4.54. The van der Waals surface area contributed by atoms with Crippen molar-refractivity contribution in [2.75, 3.05) is 79.0 Å². The van der Waals surface area contributed by atoms with Crippen LogP contribution >= 0.6 is 25.9 Å². The minimum Gasteiger partial charge on any atom is -0.398 e. The van der Waals surface area contributed by atoms with Crippen molar-refractivity contribution in [3.05, 3.63) is 72.0 Å². The summed E-state index contributed by atoms with van der Waals surface area (Å²) in [6, 6.07) is 15.5. The highest BCUT2D eigenvalue weighted by Gasteiger charge is 2.27. The van der Waals surface area contributed by atoms with Crippen LogP contribution in [0.3, 0.4) is 0 Å². The number of pyridine rings is 1. The molecule has 0 spiro atoms. The molecule has 0 amide bonds. The molecule has 0 aliphatic carbocycles. The number of anilines is 7. The van der Waals surface area contributed by atoms with Gasteiger partial charge in [-0.05, 0) is 103 Å². The van der Waals surface area contributed by atoms with Crippen LogP contribution in [0.4, 0.5) is 41.0 Å². The molecule has 1 aliphatic rings. The van der Waals surface area contributed by atoms with Crippen LogP contribution in [0.5, 0.6) is 0 Å². The van der Waals surface area contributed by atoms with E-state index in [2.05, 4.69) is 40.7 Å². The monoisotopic (exact) mass is 906 g/mol. The summed E-state index contributed by atoms with van der Waals surface area (Å²) in [7, 11) is -12.4. The lowest BCUT2D eigenvalue weighted by molar-refractivity contribution is 0.525. The lowest BCUT2D eigenvalue weighted by Crippen LogP contribution is -2.47. The number of nitrogens with one attached hydrogen (secondary N) is 2. The van der Waals surface area contributed by atoms with Gasteiger partial charge in [0.1, 0.15) is 25.1 Å². The molecule has 0 bridgehead atoms. The topological polar surface area (TPSA) is 237 Å². The second-order valence-corrected chi connectivity index (χ2v) is 26.8. The molecule has 1 saturated heterocycles. The molecule has 318 valence electrons. The summed E-state index contributed by atoms with van der Waals surface area (Å²) in [6.07, 6.45) is 3.14. The summed E-state index contributed by atoms with van der Waals surface area (Å²) in [5.41, 5.74) is 6.14. The summed E-state index contributed by atoms with van der Waals surface area (Å²) in [5, 5.41) is 14.0. The summed E-state index contributed by atoms with van der Waals surface area (Å²) in [6.45, 7) is 15.6. The normalized spacial score (nSPS) is 13.9. The fourth-order valence-corrected chi connectivity index (χ4v) is 10.1. The maximum absolute atomic E-state index is 13.2. The van der Waals surface area contributed by atoms with Crippen LogP contribution in [0.1, 0.15) is 27.7 Å². The smallest absolute Gasteiger partial charge is 0.323 e. The predicted molar refractivity (Wildman–Crippen MR) is 237 cm³/mol. The number of nitrogens with two attached hydrogens (primary N) is 1. The Kier molecular flexibility index (Phi) is 13.9. The fraction of sp³-hybridized carbons (Fsp3) is 0.378. The summed E-state index contributed by atoms with van der Waals surface area (Å²) in [5.74, 6) is 1.19. The summed E-state index contributed by atoms with van der Waals surface area (Å²) in [4.78, 5) is 17.2. The minimum atomic E-state index is -3.74. The first-order valence-electron chi connectivity index (χ1n) is 18.4. The molecule has 59 heavy (non-hydrogen) atoms. The first-order chi connectivity index (χ1) is 27.5. The maximum Gasteiger partial charge on any atom is 0.323 e. The molecular formula is C37H49ClN10O7P2S2. The number of aromatic nitrogens is 5. The molecule has 3 aromatic heterocycles. The van der Waals surface area contributed by atoms with Crippen LogP contribution in [-0.2, 0) is 28.8 Å². The highest BCUT2D eigenvalue weighted by Crippen LogP contribution is 2.39. The van der Waals surface area contributed by atoms with Crippen molar-refractivity contribution >= 4 is 97.2 Å². The second-order valence-electron chi connectivity index (χ2n) is 15.0. The molecule has 1 fully saturated rings. The van der Waals surface area contributed by atoms with Crippen molar-refractivity contribution in [3.8, 4) is 0 Å². The van der Waals surface area contributed by atoms with Crippen LogP contribution in [0.15, 0.2) is 81.2 Å². The van der Waals surface area contributed by atoms with Gasteiger partial charge in [0.15, 0.2) is 25.5 Å². The predicted octanol–water partition coefficient (Wildman–Crippen LogP) is 5.85. The van der Waals surface area contributed by atoms with E-state index in [4.69, 9.17) is 21.8 Å². The Labute approximate surface area is 350 Å². The zero-order valence-electron chi connectivity index (χ0n) is 34.0. The number of rotatable bonds is 12. The molecule has 4 N–H and O–H groups in total. The molecule has 1 aliphatic heterocycles. The first kappa shape index (κ1) is 45.5. The third-order valence-corrected chi connectivity index (χ3v) is 16.9. The summed E-state index contributed by atoms with van der Waals surface area (Å²) >= 11 is 6.37. The van der Waals surface area contributed by atoms with Crippen LogP contribution < -0.4 is 36.8 Å². The van der Waals surface area contributed by atoms with E-state index < -0.39 is 44.5 Å². The van der Waals surface area contributed by atoms with E-state index >= 15 is 0 Å². The number of sulfone groups is 2.